The van der Waals surface area contributed by atoms with Gasteiger partial charge in [0.25, 0.3) is 0 Å². The molecule has 3 nitrogen and oxygen atoms in total. The molecule has 0 amide bonds. The highest BCUT2D eigenvalue weighted by Crippen LogP contribution is 2.28. The van der Waals surface area contributed by atoms with E-state index >= 15 is 0 Å². The first-order valence-electron chi connectivity index (χ1n) is 6.73. The summed E-state index contributed by atoms with van der Waals surface area (Å²) in [7, 11) is 0. The van der Waals surface area contributed by atoms with E-state index in [2.05, 4.69) is 10.2 Å². The van der Waals surface area contributed by atoms with Gasteiger partial charge in [-0.1, -0.05) is 17.7 Å². The summed E-state index contributed by atoms with van der Waals surface area (Å²) in [5, 5.41) is 12.5. The van der Waals surface area contributed by atoms with Crippen LogP contribution in [0.15, 0.2) is 18.2 Å². The van der Waals surface area contributed by atoms with Crippen LogP contribution in [-0.2, 0) is 0 Å². The van der Waals surface area contributed by atoms with E-state index in [1.54, 1.807) is 6.07 Å². The van der Waals surface area contributed by atoms with Gasteiger partial charge in [0.15, 0.2) is 0 Å². The van der Waals surface area contributed by atoms with E-state index in [4.69, 9.17) is 16.7 Å². The SMILES string of the molecule is OCCC[C@@H](c1ccc(Cl)c(F)c1)N1CCNCC1. The van der Waals surface area contributed by atoms with Crippen LogP contribution >= 0.6 is 11.6 Å². The third-order valence-electron chi connectivity index (χ3n) is 3.56. The smallest absolute Gasteiger partial charge is 0.142 e. The molecule has 0 spiro atoms. The van der Waals surface area contributed by atoms with Crippen LogP contribution in [0.4, 0.5) is 4.39 Å². The van der Waals surface area contributed by atoms with Crippen molar-refractivity contribution in [3.63, 3.8) is 0 Å². The maximum atomic E-state index is 13.6. The first-order valence-corrected chi connectivity index (χ1v) is 7.10. The van der Waals surface area contributed by atoms with Crippen LogP contribution < -0.4 is 5.32 Å². The van der Waals surface area contributed by atoms with E-state index in [-0.39, 0.29) is 23.5 Å². The van der Waals surface area contributed by atoms with Crippen LogP contribution in [-0.4, -0.2) is 42.8 Å². The van der Waals surface area contributed by atoms with Gasteiger partial charge in [0.05, 0.1) is 5.02 Å². The van der Waals surface area contributed by atoms with Gasteiger partial charge in [-0.3, -0.25) is 4.90 Å². The van der Waals surface area contributed by atoms with Crippen molar-refractivity contribution in [2.24, 2.45) is 0 Å². The Morgan fingerprint density at radius 3 is 2.74 bits per heavy atom. The number of hydrogen-bond donors (Lipinski definition) is 2. The second kappa shape index (κ2) is 7.20. The molecule has 2 N–H and O–H groups in total. The lowest BCUT2D eigenvalue weighted by molar-refractivity contribution is 0.154. The molecule has 1 aromatic rings. The average molecular weight is 287 g/mol. The van der Waals surface area contributed by atoms with E-state index in [0.29, 0.717) is 0 Å². The summed E-state index contributed by atoms with van der Waals surface area (Å²) in [5.41, 5.74) is 0.942. The Morgan fingerprint density at radius 1 is 1.37 bits per heavy atom. The minimum absolute atomic E-state index is 0.154. The number of benzene rings is 1. The molecule has 0 saturated carbocycles. The van der Waals surface area contributed by atoms with Crippen molar-refractivity contribution in [1.82, 2.24) is 10.2 Å². The topological polar surface area (TPSA) is 35.5 Å². The highest BCUT2D eigenvalue weighted by Gasteiger charge is 2.22. The maximum Gasteiger partial charge on any atom is 0.142 e. The molecular formula is C14H20ClFN2O. The van der Waals surface area contributed by atoms with Crippen LogP contribution in [0.25, 0.3) is 0 Å². The number of nitrogens with one attached hydrogen (secondary N) is 1. The molecule has 1 atom stereocenters. The molecule has 106 valence electrons. The van der Waals surface area contributed by atoms with Gasteiger partial charge < -0.3 is 10.4 Å². The van der Waals surface area contributed by atoms with Crippen molar-refractivity contribution in [1.29, 1.82) is 0 Å². The summed E-state index contributed by atoms with van der Waals surface area (Å²) in [6.45, 7) is 3.96. The van der Waals surface area contributed by atoms with Gasteiger partial charge >= 0.3 is 0 Å². The average Bonchev–Trinajstić information content (AvgIpc) is 2.44. The van der Waals surface area contributed by atoms with Crippen molar-refractivity contribution < 1.29 is 9.50 Å². The van der Waals surface area contributed by atoms with Gasteiger partial charge in [0.1, 0.15) is 5.82 Å². The summed E-state index contributed by atoms with van der Waals surface area (Å²) in [6, 6.07) is 5.17. The quantitative estimate of drug-likeness (QED) is 0.871. The highest BCUT2D eigenvalue weighted by atomic mass is 35.5. The number of aliphatic hydroxyl groups excluding tert-OH is 1. The molecule has 0 radical (unpaired) electrons. The van der Waals surface area contributed by atoms with Crippen LogP contribution in [0.1, 0.15) is 24.4 Å². The zero-order valence-corrected chi connectivity index (χ0v) is 11.7. The predicted octanol–water partition coefficient (Wildman–Crippen LogP) is 2.20. The molecule has 0 aliphatic carbocycles. The zero-order valence-electron chi connectivity index (χ0n) is 10.9. The van der Waals surface area contributed by atoms with Crippen LogP contribution in [0.2, 0.25) is 5.02 Å². The van der Waals surface area contributed by atoms with E-state index in [9.17, 15) is 4.39 Å². The summed E-state index contributed by atoms with van der Waals surface area (Å²) in [6.07, 6.45) is 1.55. The molecule has 1 aliphatic rings. The number of hydrogen-bond acceptors (Lipinski definition) is 3. The Labute approximate surface area is 118 Å². The van der Waals surface area contributed by atoms with Crippen molar-refractivity contribution in [3.8, 4) is 0 Å². The Balaban J connectivity index is 2.17. The normalized spacial score (nSPS) is 18.5. The van der Waals surface area contributed by atoms with Crippen molar-refractivity contribution in [2.45, 2.75) is 18.9 Å². The van der Waals surface area contributed by atoms with Gasteiger partial charge in [-0.15, -0.1) is 0 Å². The zero-order chi connectivity index (χ0) is 13.7. The summed E-state index contributed by atoms with van der Waals surface area (Å²) < 4.78 is 13.6. The molecule has 1 saturated heterocycles. The Kier molecular flexibility index (Phi) is 5.58. The molecule has 0 unspecified atom stereocenters. The van der Waals surface area contributed by atoms with Crippen LogP contribution in [0.3, 0.4) is 0 Å². The van der Waals surface area contributed by atoms with Gasteiger partial charge in [0, 0.05) is 38.8 Å². The molecule has 1 fully saturated rings. The van der Waals surface area contributed by atoms with Gasteiger partial charge in [0.2, 0.25) is 0 Å². The van der Waals surface area contributed by atoms with Gasteiger partial charge in [-0.25, -0.2) is 4.39 Å². The highest BCUT2D eigenvalue weighted by molar-refractivity contribution is 6.30. The molecule has 0 aromatic heterocycles. The van der Waals surface area contributed by atoms with E-state index < -0.39 is 0 Å². The second-order valence-corrected chi connectivity index (χ2v) is 5.25. The van der Waals surface area contributed by atoms with Crippen molar-refractivity contribution in [2.75, 3.05) is 32.8 Å². The monoisotopic (exact) mass is 286 g/mol. The lowest BCUT2D eigenvalue weighted by atomic mass is 9.99. The number of halogens is 2. The molecular weight excluding hydrogens is 267 g/mol. The number of rotatable bonds is 5. The molecule has 0 bridgehead atoms. The molecule has 2 rings (SSSR count). The minimum atomic E-state index is -0.372. The third-order valence-corrected chi connectivity index (χ3v) is 3.86. The van der Waals surface area contributed by atoms with E-state index in [1.807, 2.05) is 6.07 Å². The van der Waals surface area contributed by atoms with E-state index in [1.165, 1.54) is 6.07 Å². The Bertz CT molecular complexity index is 410. The molecule has 1 heterocycles. The largest absolute Gasteiger partial charge is 0.396 e. The van der Waals surface area contributed by atoms with Crippen LogP contribution in [0.5, 0.6) is 0 Å². The fourth-order valence-corrected chi connectivity index (χ4v) is 2.68. The fourth-order valence-electron chi connectivity index (χ4n) is 2.56. The maximum absolute atomic E-state index is 13.6. The molecule has 5 heteroatoms. The lowest BCUT2D eigenvalue weighted by Crippen LogP contribution is -2.45. The fraction of sp³-hybridized carbons (Fsp3) is 0.571. The summed E-state index contributed by atoms with van der Waals surface area (Å²) in [4.78, 5) is 2.34. The number of nitrogens with zero attached hydrogens (tertiary/aromatic N) is 1. The Morgan fingerprint density at radius 2 is 2.11 bits per heavy atom. The second-order valence-electron chi connectivity index (χ2n) is 4.84. The Hall–Kier alpha value is -0.680. The van der Waals surface area contributed by atoms with Gasteiger partial charge in [-0.2, -0.15) is 0 Å². The molecule has 1 aromatic carbocycles. The first-order chi connectivity index (χ1) is 9.22. The minimum Gasteiger partial charge on any atom is -0.396 e. The van der Waals surface area contributed by atoms with Crippen LogP contribution in [0, 0.1) is 5.82 Å². The molecule has 1 aliphatic heterocycles. The first kappa shape index (κ1) is 14.7. The lowest BCUT2D eigenvalue weighted by Gasteiger charge is -2.35. The van der Waals surface area contributed by atoms with Crippen molar-refractivity contribution in [3.05, 3.63) is 34.6 Å². The predicted molar refractivity (Wildman–Crippen MR) is 74.9 cm³/mol. The van der Waals surface area contributed by atoms with E-state index in [0.717, 1.165) is 44.6 Å². The summed E-state index contributed by atoms with van der Waals surface area (Å²) in [5.74, 6) is -0.372. The molecule has 19 heavy (non-hydrogen) atoms. The third kappa shape index (κ3) is 3.89. The van der Waals surface area contributed by atoms with Gasteiger partial charge in [-0.05, 0) is 30.5 Å². The number of aliphatic hydroxyl groups is 1. The number of piperazine rings is 1. The standard InChI is InChI=1S/C14H20ClFN2O/c15-12-4-3-11(10-13(12)16)14(2-1-9-19)18-7-5-17-6-8-18/h3-4,10,14,17,19H,1-2,5-9H2/t14-/m0/s1. The summed E-state index contributed by atoms with van der Waals surface area (Å²) >= 11 is 5.74. The van der Waals surface area contributed by atoms with Crippen molar-refractivity contribution >= 4 is 11.6 Å².